The lowest BCUT2D eigenvalue weighted by Crippen LogP contribution is -2.47. The molecule has 0 heterocycles. The lowest BCUT2D eigenvalue weighted by molar-refractivity contribution is -0.116. The van der Waals surface area contributed by atoms with Crippen LogP contribution in [-0.2, 0) is 4.79 Å². The number of benzene rings is 1. The second-order valence-corrected chi connectivity index (χ2v) is 7.46. The SMILES string of the molecule is CCN(CC(=O)Nc1c(Cl)cccc1Cl)C(=O)NC1CCCCCCC1. The number of hydrogen-bond donors (Lipinski definition) is 2. The van der Waals surface area contributed by atoms with Crippen LogP contribution in [0.5, 0.6) is 0 Å². The largest absolute Gasteiger partial charge is 0.335 e. The second kappa shape index (κ2) is 10.6. The fourth-order valence-electron chi connectivity index (χ4n) is 3.16. The van der Waals surface area contributed by atoms with Crippen LogP contribution in [0, 0.1) is 0 Å². The zero-order valence-electron chi connectivity index (χ0n) is 15.2. The normalized spacial score (nSPS) is 15.7. The Morgan fingerprint density at radius 1 is 1.08 bits per heavy atom. The third-order valence-electron chi connectivity index (χ3n) is 4.66. The van der Waals surface area contributed by atoms with E-state index in [2.05, 4.69) is 10.6 Å². The van der Waals surface area contributed by atoms with Crippen LogP contribution >= 0.6 is 23.2 Å². The first-order valence-corrected chi connectivity index (χ1v) is 10.1. The topological polar surface area (TPSA) is 61.4 Å². The molecule has 0 bridgehead atoms. The second-order valence-electron chi connectivity index (χ2n) is 6.65. The molecule has 0 spiro atoms. The van der Waals surface area contributed by atoms with Gasteiger partial charge in [0.05, 0.1) is 15.7 Å². The molecule has 2 rings (SSSR count). The molecule has 1 fully saturated rings. The van der Waals surface area contributed by atoms with Crippen LogP contribution < -0.4 is 10.6 Å². The number of likely N-dealkylation sites (N-methyl/N-ethyl adjacent to an activating group) is 1. The number of halogens is 2. The molecule has 2 N–H and O–H groups in total. The molecule has 26 heavy (non-hydrogen) atoms. The highest BCUT2D eigenvalue weighted by molar-refractivity contribution is 6.39. The Hall–Kier alpha value is -1.46. The summed E-state index contributed by atoms with van der Waals surface area (Å²) in [4.78, 5) is 26.4. The van der Waals surface area contributed by atoms with E-state index in [1.165, 1.54) is 24.2 Å². The number of carbonyl (C=O) groups is 2. The predicted molar refractivity (Wildman–Crippen MR) is 107 cm³/mol. The van der Waals surface area contributed by atoms with Crippen LogP contribution in [0.15, 0.2) is 18.2 Å². The minimum Gasteiger partial charge on any atom is -0.335 e. The molecule has 0 aliphatic heterocycles. The van der Waals surface area contributed by atoms with E-state index >= 15 is 0 Å². The van der Waals surface area contributed by atoms with Crippen molar-refractivity contribution in [3.8, 4) is 0 Å². The van der Waals surface area contributed by atoms with Crippen molar-refractivity contribution in [2.45, 2.75) is 57.9 Å². The number of anilines is 1. The standard InChI is InChI=1S/C19H27Cl2N3O2/c1-2-24(19(26)22-14-9-6-4-3-5-7-10-14)13-17(25)23-18-15(20)11-8-12-16(18)21/h8,11-12,14H,2-7,9-10,13H2,1H3,(H,22,26)(H,23,25). The number of para-hydroxylation sites is 1. The fraction of sp³-hybridized carbons (Fsp3) is 0.579. The molecule has 1 aliphatic carbocycles. The summed E-state index contributed by atoms with van der Waals surface area (Å²) >= 11 is 12.1. The fourth-order valence-corrected chi connectivity index (χ4v) is 3.66. The van der Waals surface area contributed by atoms with Crippen LogP contribution in [-0.4, -0.2) is 36.0 Å². The van der Waals surface area contributed by atoms with Crippen LogP contribution in [0.1, 0.15) is 51.9 Å². The van der Waals surface area contributed by atoms with Gasteiger partial charge in [-0.3, -0.25) is 4.79 Å². The molecular formula is C19H27Cl2N3O2. The molecule has 7 heteroatoms. The lowest BCUT2D eigenvalue weighted by atomic mass is 9.97. The smallest absolute Gasteiger partial charge is 0.318 e. The van der Waals surface area contributed by atoms with Crippen molar-refractivity contribution in [2.75, 3.05) is 18.4 Å². The molecule has 1 aromatic carbocycles. The number of urea groups is 1. The minimum absolute atomic E-state index is 0.0450. The van der Waals surface area contributed by atoms with Gasteiger partial charge in [-0.25, -0.2) is 4.79 Å². The van der Waals surface area contributed by atoms with Crippen LogP contribution in [0.4, 0.5) is 10.5 Å². The first-order chi connectivity index (χ1) is 12.5. The Morgan fingerprint density at radius 3 is 2.23 bits per heavy atom. The molecule has 1 saturated carbocycles. The van der Waals surface area contributed by atoms with Crippen molar-refractivity contribution in [2.24, 2.45) is 0 Å². The van der Waals surface area contributed by atoms with Crippen LogP contribution in [0.25, 0.3) is 0 Å². The Morgan fingerprint density at radius 2 is 1.65 bits per heavy atom. The average molecular weight is 400 g/mol. The summed E-state index contributed by atoms with van der Waals surface area (Å²) in [6, 6.07) is 5.02. The van der Waals surface area contributed by atoms with E-state index in [0.29, 0.717) is 22.3 Å². The number of hydrogen-bond acceptors (Lipinski definition) is 2. The van der Waals surface area contributed by atoms with Crippen LogP contribution in [0.3, 0.4) is 0 Å². The van der Waals surface area contributed by atoms with Gasteiger partial charge in [0.15, 0.2) is 0 Å². The molecule has 0 radical (unpaired) electrons. The number of nitrogens with one attached hydrogen (secondary N) is 2. The summed E-state index contributed by atoms with van der Waals surface area (Å²) in [6.45, 7) is 2.26. The highest BCUT2D eigenvalue weighted by Gasteiger charge is 2.20. The summed E-state index contributed by atoms with van der Waals surface area (Å²) < 4.78 is 0. The zero-order valence-corrected chi connectivity index (χ0v) is 16.7. The van der Waals surface area contributed by atoms with Gasteiger partial charge in [-0.05, 0) is 31.9 Å². The number of amides is 3. The summed E-state index contributed by atoms with van der Waals surface area (Å²) in [7, 11) is 0. The summed E-state index contributed by atoms with van der Waals surface area (Å²) in [5.74, 6) is -0.324. The van der Waals surface area contributed by atoms with Crippen molar-refractivity contribution >= 4 is 40.8 Å². The van der Waals surface area contributed by atoms with Crippen molar-refractivity contribution < 1.29 is 9.59 Å². The molecule has 3 amide bonds. The first kappa shape index (κ1) is 20.8. The Bertz CT molecular complexity index is 597. The molecule has 144 valence electrons. The first-order valence-electron chi connectivity index (χ1n) is 9.30. The van der Waals surface area contributed by atoms with E-state index < -0.39 is 0 Å². The predicted octanol–water partition coefficient (Wildman–Crippen LogP) is 5.08. The average Bonchev–Trinajstić information content (AvgIpc) is 2.58. The van der Waals surface area contributed by atoms with Crippen LogP contribution in [0.2, 0.25) is 10.0 Å². The third-order valence-corrected chi connectivity index (χ3v) is 5.29. The molecule has 1 aromatic rings. The maximum atomic E-state index is 12.5. The third kappa shape index (κ3) is 6.36. The van der Waals surface area contributed by atoms with Gasteiger partial charge in [0.2, 0.25) is 5.91 Å². The van der Waals surface area contributed by atoms with Gasteiger partial charge in [0, 0.05) is 12.6 Å². The number of rotatable bonds is 5. The molecule has 0 atom stereocenters. The molecule has 5 nitrogen and oxygen atoms in total. The van der Waals surface area contributed by atoms with E-state index in [-0.39, 0.29) is 24.5 Å². The van der Waals surface area contributed by atoms with Gasteiger partial charge >= 0.3 is 6.03 Å². The van der Waals surface area contributed by atoms with Gasteiger partial charge in [0.25, 0.3) is 0 Å². The summed E-state index contributed by atoms with van der Waals surface area (Å²) in [5.41, 5.74) is 0.373. The number of nitrogens with zero attached hydrogens (tertiary/aromatic N) is 1. The molecular weight excluding hydrogens is 373 g/mol. The van der Waals surface area contributed by atoms with Gasteiger partial charge in [-0.2, -0.15) is 0 Å². The molecule has 0 saturated heterocycles. The van der Waals surface area contributed by atoms with Crippen molar-refractivity contribution in [1.82, 2.24) is 10.2 Å². The number of carbonyl (C=O) groups excluding carboxylic acids is 2. The van der Waals surface area contributed by atoms with E-state index in [9.17, 15) is 9.59 Å². The Kier molecular flexibility index (Phi) is 8.52. The van der Waals surface area contributed by atoms with Crippen molar-refractivity contribution in [3.63, 3.8) is 0 Å². The zero-order chi connectivity index (χ0) is 18.9. The minimum atomic E-state index is -0.324. The van der Waals surface area contributed by atoms with Gasteiger partial charge in [-0.15, -0.1) is 0 Å². The van der Waals surface area contributed by atoms with Gasteiger partial charge in [0.1, 0.15) is 6.54 Å². The molecule has 0 unspecified atom stereocenters. The quantitative estimate of drug-likeness (QED) is 0.724. The monoisotopic (exact) mass is 399 g/mol. The van der Waals surface area contributed by atoms with E-state index in [1.807, 2.05) is 6.92 Å². The van der Waals surface area contributed by atoms with E-state index in [4.69, 9.17) is 23.2 Å². The highest BCUT2D eigenvalue weighted by Crippen LogP contribution is 2.29. The molecule has 0 aromatic heterocycles. The van der Waals surface area contributed by atoms with Gasteiger partial charge < -0.3 is 15.5 Å². The lowest BCUT2D eigenvalue weighted by Gasteiger charge is -2.26. The van der Waals surface area contributed by atoms with E-state index in [1.54, 1.807) is 18.2 Å². The van der Waals surface area contributed by atoms with Crippen molar-refractivity contribution in [3.05, 3.63) is 28.2 Å². The summed E-state index contributed by atoms with van der Waals surface area (Å²) in [6.07, 6.45) is 8.03. The highest BCUT2D eigenvalue weighted by atomic mass is 35.5. The summed E-state index contributed by atoms with van der Waals surface area (Å²) in [5, 5.41) is 6.52. The van der Waals surface area contributed by atoms with E-state index in [0.717, 1.165) is 25.7 Å². The maximum absolute atomic E-state index is 12.5. The van der Waals surface area contributed by atoms with Gasteiger partial charge in [-0.1, -0.05) is 61.4 Å². The Labute approximate surface area is 165 Å². The Balaban J connectivity index is 1.90. The maximum Gasteiger partial charge on any atom is 0.318 e. The molecule has 1 aliphatic rings. The van der Waals surface area contributed by atoms with Crippen molar-refractivity contribution in [1.29, 1.82) is 0 Å².